The zero-order valence-electron chi connectivity index (χ0n) is 31.4. The molecule has 1 aliphatic rings. The topological polar surface area (TPSA) is 353 Å². The van der Waals surface area contributed by atoms with Gasteiger partial charge < -0.3 is 30.8 Å². The molecule has 1 aliphatic heterocycles. The number of amides is 4. The van der Waals surface area contributed by atoms with Gasteiger partial charge in [-0.05, 0) is 12.8 Å². The van der Waals surface area contributed by atoms with E-state index in [0.717, 1.165) is 11.8 Å². The van der Waals surface area contributed by atoms with E-state index in [9.17, 15) is 71.8 Å². The van der Waals surface area contributed by atoms with E-state index >= 15 is 0 Å². The molecule has 23 nitrogen and oxygen atoms in total. The van der Waals surface area contributed by atoms with Crippen LogP contribution in [0, 0.1) is 36.9 Å². The van der Waals surface area contributed by atoms with Crippen molar-refractivity contribution in [3.8, 4) is 0 Å². The van der Waals surface area contributed by atoms with E-state index in [2.05, 4.69) is 21.3 Å². The number of carbonyl (C=O) groups is 9. The summed E-state index contributed by atoms with van der Waals surface area (Å²) >= 11 is -2.17. The molecule has 2 rings (SSSR count). The molecule has 1 heterocycles. The Morgan fingerprint density at radius 2 is 1.17 bits per heavy atom. The van der Waals surface area contributed by atoms with Gasteiger partial charge in [0.1, 0.15) is 18.6 Å². The summed E-state index contributed by atoms with van der Waals surface area (Å²) in [7, 11) is 0. The molecule has 0 aliphatic carbocycles. The Morgan fingerprint density at radius 3 is 1.64 bits per heavy atom. The first-order valence-electron chi connectivity index (χ1n) is 17.7. The number of benzene rings is 1. The molecule has 1 aromatic carbocycles. The number of carboxylic acid groups (broad SMARTS) is 5. The van der Waals surface area contributed by atoms with E-state index in [1.54, 1.807) is 0 Å². The molecular weight excluding hydrogens is 1030 g/mol. The van der Waals surface area contributed by atoms with Crippen molar-refractivity contribution in [2.24, 2.45) is 0 Å². The Bertz CT molecular complexity index is 1600. The number of hydrogen-bond acceptors (Lipinski definition) is 15. The van der Waals surface area contributed by atoms with Crippen molar-refractivity contribution in [1.82, 2.24) is 30.7 Å². The standard InChI is InChI=1S/C33H48AsN7O16S.Lu/c42-25(38-23(31(51)35-15-28(45)46)18-58-19-27(44)36-21-3-1-20(2-4-21)34(56)57)7-5-22(32(52)53)37-26(43)8-6-24(33(54)55)41-13-11-39(16-29(47)48)9-10-40(12-14-41)17-30(49)50;/h1-4,22-24,56-57H,5-19H2,(H,35,51)(H,36,44)(H,37,43)(H,38,42)(H,45,46)(H,47,48)(H,49,50)(H,52,53)(H,54,55);/q;+3/t22-,23-,24?;/m0./s1. The van der Waals surface area contributed by atoms with Gasteiger partial charge in [-0.3, -0.25) is 43.5 Å². The zero-order valence-corrected chi connectivity index (χ0v) is 35.8. The SMILES string of the molecule is O=C(O)CNC(=O)[C@H](CSCC(=O)Nc1ccc([As](O)O)cc1)NC(=O)CC[C@H](NC(=O)CCC(C(=O)O)N1CCN(CC(=O)O)CCN(CC(=O)O)CC1)C(=O)O.[Lu+3]. The average Bonchev–Trinajstić information content (AvgIpc) is 3.22. The van der Waals surface area contributed by atoms with Gasteiger partial charge in [0.25, 0.3) is 0 Å². The predicted molar refractivity (Wildman–Crippen MR) is 204 cm³/mol. The molecule has 1 saturated heterocycles. The number of carbonyl (C=O) groups excluding carboxylic acids is 4. The smallest absolute Gasteiger partial charge is 0.480 e. The van der Waals surface area contributed by atoms with Gasteiger partial charge in [-0.1, -0.05) is 0 Å². The minimum Gasteiger partial charge on any atom is -0.480 e. The summed E-state index contributed by atoms with van der Waals surface area (Å²) in [6.07, 6.45) is -1.75. The van der Waals surface area contributed by atoms with E-state index in [0.29, 0.717) is 10.0 Å². The Hall–Kier alpha value is -3.61. The molecule has 0 bridgehead atoms. The van der Waals surface area contributed by atoms with Gasteiger partial charge in [-0.2, -0.15) is 0 Å². The molecule has 11 N–H and O–H groups in total. The molecule has 334 valence electrons. The minimum atomic E-state index is -3.08. The molecule has 3 atom stereocenters. The van der Waals surface area contributed by atoms with Crippen LogP contribution in [-0.4, -0.2) is 206 Å². The summed E-state index contributed by atoms with van der Waals surface area (Å²) in [5.41, 5.74) is 0.358. The Kier molecular flexibility index (Phi) is 25.4. The molecule has 0 radical (unpaired) electrons. The molecule has 26 heteroatoms. The minimum absolute atomic E-state index is 0. The summed E-state index contributed by atoms with van der Waals surface area (Å²) in [6.45, 7) is -0.637. The average molecular weight is 1080 g/mol. The second-order valence-electron chi connectivity index (χ2n) is 12.9. The fourth-order valence-electron chi connectivity index (χ4n) is 5.58. The summed E-state index contributed by atoms with van der Waals surface area (Å²) in [6, 6.07) is 1.56. The number of aliphatic carboxylic acids is 5. The van der Waals surface area contributed by atoms with Crippen molar-refractivity contribution in [2.45, 2.75) is 43.8 Å². The zero-order chi connectivity index (χ0) is 43.4. The number of nitrogens with one attached hydrogen (secondary N) is 4. The summed E-state index contributed by atoms with van der Waals surface area (Å²) < 4.78 is 19.0. The van der Waals surface area contributed by atoms with Gasteiger partial charge >= 0.3 is 197 Å². The van der Waals surface area contributed by atoms with Crippen LogP contribution in [0.2, 0.25) is 0 Å². The van der Waals surface area contributed by atoms with Crippen LogP contribution in [0.1, 0.15) is 25.7 Å². The fraction of sp³-hybridized carbons (Fsp3) is 0.545. The van der Waals surface area contributed by atoms with Gasteiger partial charge in [0, 0.05) is 52.1 Å². The van der Waals surface area contributed by atoms with Crippen LogP contribution in [-0.2, 0) is 43.2 Å². The van der Waals surface area contributed by atoms with Crippen molar-refractivity contribution in [3.05, 3.63) is 24.3 Å². The van der Waals surface area contributed by atoms with E-state index in [-0.39, 0.29) is 107 Å². The first-order valence-corrected chi connectivity index (χ1v) is 21.4. The predicted octanol–water partition coefficient (Wildman–Crippen LogP) is -4.60. The monoisotopic (exact) mass is 1080 g/mol. The van der Waals surface area contributed by atoms with Crippen LogP contribution >= 0.6 is 11.8 Å². The molecular formula is C33H48AsLuN7O16S+3. The van der Waals surface area contributed by atoms with E-state index in [4.69, 9.17) is 5.11 Å². The normalized spacial score (nSPS) is 15.4. The molecule has 0 saturated carbocycles. The van der Waals surface area contributed by atoms with Crippen molar-refractivity contribution in [2.75, 3.05) is 75.7 Å². The molecule has 0 aromatic heterocycles. The van der Waals surface area contributed by atoms with E-state index in [1.807, 2.05) is 0 Å². The Labute approximate surface area is 376 Å². The van der Waals surface area contributed by atoms with Crippen molar-refractivity contribution in [1.29, 1.82) is 0 Å². The fourth-order valence-corrected chi connectivity index (χ4v) is 7.30. The van der Waals surface area contributed by atoms with Gasteiger partial charge in [0.05, 0.1) is 13.1 Å². The first-order chi connectivity index (χ1) is 27.3. The summed E-state index contributed by atoms with van der Waals surface area (Å²) in [4.78, 5) is 113. The summed E-state index contributed by atoms with van der Waals surface area (Å²) in [5.74, 6) is -9.98. The second kappa shape index (κ2) is 28.0. The number of thioether (sulfide) groups is 1. The van der Waals surface area contributed by atoms with Crippen LogP contribution in [0.25, 0.3) is 0 Å². The number of hydrogen-bond donors (Lipinski definition) is 11. The Morgan fingerprint density at radius 1 is 0.661 bits per heavy atom. The van der Waals surface area contributed by atoms with Gasteiger partial charge in [0.2, 0.25) is 5.91 Å². The van der Waals surface area contributed by atoms with Gasteiger partial charge in [-0.15, -0.1) is 0 Å². The number of nitrogens with zero attached hydrogens (tertiary/aromatic N) is 3. The third-order valence-corrected chi connectivity index (χ3v) is 11.1. The summed E-state index contributed by atoms with van der Waals surface area (Å²) in [5, 5.41) is 56.6. The Balaban J connectivity index is 0.0000174. The first kappa shape index (κ1) is 53.4. The molecule has 0 spiro atoms. The third-order valence-electron chi connectivity index (χ3n) is 8.49. The molecule has 59 heavy (non-hydrogen) atoms. The molecule has 1 aromatic rings. The maximum atomic E-state index is 12.9. The van der Waals surface area contributed by atoms with Crippen LogP contribution in [0.3, 0.4) is 0 Å². The van der Waals surface area contributed by atoms with Crippen LogP contribution in [0.15, 0.2) is 24.3 Å². The van der Waals surface area contributed by atoms with E-state index in [1.165, 1.54) is 39.0 Å². The van der Waals surface area contributed by atoms with Crippen LogP contribution in [0.5, 0.6) is 0 Å². The van der Waals surface area contributed by atoms with Crippen LogP contribution in [0.4, 0.5) is 5.69 Å². The van der Waals surface area contributed by atoms with Crippen LogP contribution < -0.4 is 25.6 Å². The van der Waals surface area contributed by atoms with Gasteiger partial charge in [-0.25, -0.2) is 4.79 Å². The third kappa shape index (κ3) is 22.0. The van der Waals surface area contributed by atoms with Crippen molar-refractivity contribution >= 4 is 90.6 Å². The number of rotatable bonds is 24. The molecule has 1 fully saturated rings. The van der Waals surface area contributed by atoms with Gasteiger partial charge in [0.15, 0.2) is 0 Å². The van der Waals surface area contributed by atoms with Crippen molar-refractivity contribution < 1.29 is 114 Å². The quantitative estimate of drug-likeness (QED) is 0.0434. The number of anilines is 1. The maximum absolute atomic E-state index is 12.9. The number of carboxylic acids is 5. The van der Waals surface area contributed by atoms with Crippen molar-refractivity contribution in [3.63, 3.8) is 0 Å². The molecule has 1 unspecified atom stereocenters. The second-order valence-corrected chi connectivity index (χ2v) is 16.2. The molecule has 4 amide bonds. The van der Waals surface area contributed by atoms with E-state index < -0.39 is 113 Å².